The summed E-state index contributed by atoms with van der Waals surface area (Å²) in [7, 11) is 0. The lowest BCUT2D eigenvalue weighted by Crippen LogP contribution is -2.28. The lowest BCUT2D eigenvalue weighted by Gasteiger charge is -2.21. The van der Waals surface area contributed by atoms with Gasteiger partial charge in [0.05, 0.1) is 12.3 Å². The van der Waals surface area contributed by atoms with Crippen LogP contribution in [0.5, 0.6) is 5.75 Å². The summed E-state index contributed by atoms with van der Waals surface area (Å²) < 4.78 is 43.1. The van der Waals surface area contributed by atoms with Crippen molar-refractivity contribution in [1.29, 1.82) is 0 Å². The SMILES string of the molecule is CC1(CN=[N+]=[N-])COc2c1cc(C(O)C(F)(F)F)nc2Cl. The average molecular weight is 323 g/mol. The molecule has 1 aliphatic heterocycles. The van der Waals surface area contributed by atoms with Crippen LogP contribution in [0.2, 0.25) is 5.15 Å². The van der Waals surface area contributed by atoms with Crippen molar-refractivity contribution in [3.05, 3.63) is 32.9 Å². The Bertz CT molecular complexity index is 618. The Labute approximate surface area is 122 Å². The molecule has 0 amide bonds. The molecule has 0 saturated carbocycles. The van der Waals surface area contributed by atoms with E-state index in [1.165, 1.54) is 0 Å². The Morgan fingerprint density at radius 1 is 1.67 bits per heavy atom. The van der Waals surface area contributed by atoms with E-state index in [1.807, 2.05) is 0 Å². The molecule has 2 atom stereocenters. The fourth-order valence-electron chi connectivity index (χ4n) is 2.04. The predicted molar refractivity (Wildman–Crippen MR) is 67.1 cm³/mol. The minimum Gasteiger partial charge on any atom is -0.489 e. The number of alkyl halides is 3. The fourth-order valence-corrected chi connectivity index (χ4v) is 2.30. The van der Waals surface area contributed by atoms with E-state index < -0.39 is 23.4 Å². The minimum atomic E-state index is -4.86. The smallest absolute Gasteiger partial charge is 0.420 e. The second kappa shape index (κ2) is 5.25. The molecule has 21 heavy (non-hydrogen) atoms. The lowest BCUT2D eigenvalue weighted by molar-refractivity contribution is -0.208. The summed E-state index contributed by atoms with van der Waals surface area (Å²) in [6, 6.07) is 1.08. The lowest BCUT2D eigenvalue weighted by atomic mass is 9.84. The molecular formula is C11H10ClF3N4O2. The van der Waals surface area contributed by atoms with Gasteiger partial charge in [-0.05, 0) is 11.6 Å². The Morgan fingerprint density at radius 3 is 2.90 bits per heavy atom. The van der Waals surface area contributed by atoms with Crippen LogP contribution in [0.3, 0.4) is 0 Å². The van der Waals surface area contributed by atoms with Crippen molar-refractivity contribution in [2.24, 2.45) is 5.11 Å². The minimum absolute atomic E-state index is 0.0155. The van der Waals surface area contributed by atoms with Crippen LogP contribution in [0.4, 0.5) is 13.2 Å². The number of azide groups is 1. The molecule has 10 heteroatoms. The zero-order valence-electron chi connectivity index (χ0n) is 10.7. The number of fused-ring (bicyclic) bond motifs is 1. The zero-order valence-corrected chi connectivity index (χ0v) is 11.5. The standard InChI is InChI=1S/C11H10ClF3N4O2/c1-10(3-17-19-16)4-21-7-5(10)2-6(18-9(7)12)8(20)11(13,14)15/h2,8,20H,3-4H2,1H3. The molecule has 6 nitrogen and oxygen atoms in total. The largest absolute Gasteiger partial charge is 0.489 e. The summed E-state index contributed by atoms with van der Waals surface area (Å²) in [4.78, 5) is 6.15. The van der Waals surface area contributed by atoms with Crippen molar-refractivity contribution in [1.82, 2.24) is 4.98 Å². The number of ether oxygens (including phenoxy) is 1. The van der Waals surface area contributed by atoms with Crippen LogP contribution in [0.1, 0.15) is 24.3 Å². The first-order chi connectivity index (χ1) is 9.69. The molecule has 1 aliphatic rings. The third-order valence-corrected chi connectivity index (χ3v) is 3.47. The first-order valence-electron chi connectivity index (χ1n) is 5.78. The second-order valence-corrected chi connectivity index (χ2v) is 5.26. The number of nitrogens with zero attached hydrogens (tertiary/aromatic N) is 4. The van der Waals surface area contributed by atoms with Crippen LogP contribution in [0.25, 0.3) is 10.4 Å². The maximum Gasteiger partial charge on any atom is 0.420 e. The van der Waals surface area contributed by atoms with Gasteiger partial charge in [0.1, 0.15) is 0 Å². The molecule has 0 radical (unpaired) electrons. The number of aliphatic hydroxyl groups is 1. The van der Waals surface area contributed by atoms with Gasteiger partial charge in [0.25, 0.3) is 0 Å². The van der Waals surface area contributed by atoms with Gasteiger partial charge in [-0.2, -0.15) is 13.2 Å². The van der Waals surface area contributed by atoms with Crippen molar-refractivity contribution < 1.29 is 23.0 Å². The summed E-state index contributed by atoms with van der Waals surface area (Å²) in [6.45, 7) is 1.74. The Morgan fingerprint density at radius 2 is 2.33 bits per heavy atom. The van der Waals surface area contributed by atoms with Gasteiger partial charge in [0.15, 0.2) is 17.0 Å². The molecule has 114 valence electrons. The van der Waals surface area contributed by atoms with Gasteiger partial charge < -0.3 is 9.84 Å². The van der Waals surface area contributed by atoms with E-state index in [4.69, 9.17) is 21.9 Å². The maximum atomic E-state index is 12.6. The van der Waals surface area contributed by atoms with Crippen molar-refractivity contribution in [2.45, 2.75) is 24.6 Å². The molecule has 1 N–H and O–H groups in total. The van der Waals surface area contributed by atoms with Crippen LogP contribution < -0.4 is 4.74 Å². The van der Waals surface area contributed by atoms with Crippen LogP contribution >= 0.6 is 11.6 Å². The van der Waals surface area contributed by atoms with E-state index in [0.717, 1.165) is 6.07 Å². The number of rotatable bonds is 3. The van der Waals surface area contributed by atoms with E-state index in [0.29, 0.717) is 5.56 Å². The molecular weight excluding hydrogens is 313 g/mol. The van der Waals surface area contributed by atoms with Gasteiger partial charge in [-0.1, -0.05) is 23.6 Å². The molecule has 0 aromatic carbocycles. The highest BCUT2D eigenvalue weighted by molar-refractivity contribution is 6.31. The predicted octanol–water partition coefficient (Wildman–Crippen LogP) is 3.29. The summed E-state index contributed by atoms with van der Waals surface area (Å²) in [5, 5.41) is 12.5. The van der Waals surface area contributed by atoms with Gasteiger partial charge >= 0.3 is 6.18 Å². The van der Waals surface area contributed by atoms with Crippen molar-refractivity contribution in [2.75, 3.05) is 13.2 Å². The molecule has 2 rings (SSSR count). The molecule has 1 aromatic rings. The van der Waals surface area contributed by atoms with Crippen LogP contribution in [0, 0.1) is 0 Å². The van der Waals surface area contributed by atoms with Gasteiger partial charge in [-0.3, -0.25) is 0 Å². The summed E-state index contributed by atoms with van der Waals surface area (Å²) in [5.74, 6) is 0.144. The quantitative estimate of drug-likeness (QED) is 0.400. The first kappa shape index (κ1) is 15.7. The summed E-state index contributed by atoms with van der Waals surface area (Å²) in [5.41, 5.74) is 7.26. The van der Waals surface area contributed by atoms with Crippen molar-refractivity contribution in [3.63, 3.8) is 0 Å². The highest BCUT2D eigenvalue weighted by Crippen LogP contribution is 2.44. The number of halogens is 4. The third-order valence-electron chi connectivity index (χ3n) is 3.21. The Balaban J connectivity index is 2.50. The van der Waals surface area contributed by atoms with E-state index in [-0.39, 0.29) is 24.1 Å². The van der Waals surface area contributed by atoms with Gasteiger partial charge in [0, 0.05) is 22.4 Å². The Kier molecular flexibility index (Phi) is 3.92. The number of aliphatic hydroxyl groups excluding tert-OH is 1. The maximum absolute atomic E-state index is 12.6. The van der Waals surface area contributed by atoms with Crippen molar-refractivity contribution >= 4 is 11.6 Å². The van der Waals surface area contributed by atoms with E-state index in [9.17, 15) is 18.3 Å². The summed E-state index contributed by atoms with van der Waals surface area (Å²) >= 11 is 5.81. The van der Waals surface area contributed by atoms with Crippen LogP contribution in [0.15, 0.2) is 11.2 Å². The molecule has 2 unspecified atom stereocenters. The van der Waals surface area contributed by atoms with Gasteiger partial charge in [0.2, 0.25) is 0 Å². The van der Waals surface area contributed by atoms with Crippen LogP contribution in [-0.4, -0.2) is 29.4 Å². The van der Waals surface area contributed by atoms with E-state index in [1.54, 1.807) is 6.92 Å². The molecule has 0 fully saturated rings. The highest BCUT2D eigenvalue weighted by Gasteiger charge is 2.44. The average Bonchev–Trinajstić information content (AvgIpc) is 2.73. The number of hydrogen-bond donors (Lipinski definition) is 1. The zero-order chi connectivity index (χ0) is 15.8. The second-order valence-electron chi connectivity index (χ2n) is 4.90. The highest BCUT2D eigenvalue weighted by atomic mass is 35.5. The van der Waals surface area contributed by atoms with E-state index in [2.05, 4.69) is 15.0 Å². The monoisotopic (exact) mass is 322 g/mol. The summed E-state index contributed by atoms with van der Waals surface area (Å²) in [6.07, 6.45) is -7.60. The molecule has 0 aliphatic carbocycles. The molecule has 2 heterocycles. The number of pyridine rings is 1. The molecule has 0 bridgehead atoms. The number of aromatic nitrogens is 1. The Hall–Kier alpha value is -1.70. The topological polar surface area (TPSA) is 91.1 Å². The third kappa shape index (κ3) is 2.85. The first-order valence-corrected chi connectivity index (χ1v) is 6.16. The molecule has 1 aromatic heterocycles. The van der Waals surface area contributed by atoms with Crippen LogP contribution in [-0.2, 0) is 5.41 Å². The molecule has 0 spiro atoms. The number of hydrogen-bond acceptors (Lipinski definition) is 4. The van der Waals surface area contributed by atoms with E-state index >= 15 is 0 Å². The fraction of sp³-hybridized carbons (Fsp3) is 0.545. The van der Waals surface area contributed by atoms with Gasteiger partial charge in [-0.25, -0.2) is 4.98 Å². The molecule has 0 saturated heterocycles. The normalized spacial score (nSPS) is 22.2. The van der Waals surface area contributed by atoms with Crippen molar-refractivity contribution in [3.8, 4) is 5.75 Å². The van der Waals surface area contributed by atoms with Gasteiger partial charge in [-0.15, -0.1) is 0 Å².